The highest BCUT2D eigenvalue weighted by atomic mass is 32.2. The van der Waals surface area contributed by atoms with Gasteiger partial charge in [0.1, 0.15) is 0 Å². The van der Waals surface area contributed by atoms with Crippen LogP contribution in [0.15, 0.2) is 0 Å². The van der Waals surface area contributed by atoms with Crippen molar-refractivity contribution in [2.45, 2.75) is 32.2 Å². The zero-order valence-electron chi connectivity index (χ0n) is 9.22. The van der Waals surface area contributed by atoms with Gasteiger partial charge >= 0.3 is 0 Å². The Bertz CT molecular complexity index is 499. The second-order valence-corrected chi connectivity index (χ2v) is 7.89. The highest BCUT2D eigenvalue weighted by Crippen LogP contribution is 2.73. The molecule has 5 rings (SSSR count). The lowest BCUT2D eigenvalue weighted by Crippen LogP contribution is -2.42. The van der Waals surface area contributed by atoms with E-state index < -0.39 is 10.0 Å². The van der Waals surface area contributed by atoms with E-state index in [0.717, 1.165) is 12.8 Å². The zero-order chi connectivity index (χ0) is 11.3. The normalized spacial score (nSPS) is 54.9. The number of nitrogens with zero attached hydrogens (tertiary/aromatic N) is 1. The molecule has 5 atom stereocenters. The summed E-state index contributed by atoms with van der Waals surface area (Å²) in [4.78, 5) is 11.6. The average molecular weight is 241 g/mol. The van der Waals surface area contributed by atoms with Crippen molar-refractivity contribution in [1.82, 2.24) is 4.31 Å². The molecular formula is C11H15NO3S. The van der Waals surface area contributed by atoms with E-state index in [4.69, 9.17) is 0 Å². The molecule has 3 unspecified atom stereocenters. The average Bonchev–Trinajstić information content (AvgIpc) is 2.79. The minimum absolute atomic E-state index is 0.0266. The molecule has 5 aliphatic rings. The van der Waals surface area contributed by atoms with Gasteiger partial charge in [0, 0.05) is 12.3 Å². The summed E-state index contributed by atoms with van der Waals surface area (Å²) in [5, 5.41) is 0. The Morgan fingerprint density at radius 2 is 2.12 bits per heavy atom. The van der Waals surface area contributed by atoms with Gasteiger partial charge in [-0.25, -0.2) is 12.7 Å². The van der Waals surface area contributed by atoms with Crippen LogP contribution >= 0.6 is 0 Å². The Hall–Kier alpha value is -0.580. The summed E-state index contributed by atoms with van der Waals surface area (Å²) in [6, 6.07) is 0.0266. The SMILES string of the molecule is CC(=O)N1[C@H]2C3C[C@@H]4CC3CC42CS1(=O)=O. The minimum atomic E-state index is -3.31. The summed E-state index contributed by atoms with van der Waals surface area (Å²) in [7, 11) is -3.31. The molecule has 1 saturated heterocycles. The topological polar surface area (TPSA) is 54.5 Å². The van der Waals surface area contributed by atoms with Gasteiger partial charge in [-0.15, -0.1) is 0 Å². The number of hydrogen-bond donors (Lipinski definition) is 0. The summed E-state index contributed by atoms with van der Waals surface area (Å²) < 4.78 is 25.4. The Labute approximate surface area is 95.0 Å². The van der Waals surface area contributed by atoms with Gasteiger partial charge < -0.3 is 0 Å². The fraction of sp³-hybridized carbons (Fsp3) is 0.909. The molecule has 1 amide bonds. The van der Waals surface area contributed by atoms with Gasteiger partial charge in [-0.2, -0.15) is 0 Å². The quantitative estimate of drug-likeness (QED) is 0.624. The Balaban J connectivity index is 1.91. The molecule has 88 valence electrons. The summed E-state index contributed by atoms with van der Waals surface area (Å²) in [5.41, 5.74) is -0.0418. The summed E-state index contributed by atoms with van der Waals surface area (Å²) in [5.74, 6) is 1.72. The largest absolute Gasteiger partial charge is 0.274 e. The van der Waals surface area contributed by atoms with Crippen LogP contribution in [0.4, 0.5) is 0 Å². The zero-order valence-corrected chi connectivity index (χ0v) is 10.0. The van der Waals surface area contributed by atoms with E-state index in [9.17, 15) is 13.2 Å². The fourth-order valence-electron chi connectivity index (χ4n) is 5.34. The van der Waals surface area contributed by atoms with Crippen LogP contribution in [0.2, 0.25) is 0 Å². The van der Waals surface area contributed by atoms with Crippen molar-refractivity contribution in [1.29, 1.82) is 0 Å². The van der Waals surface area contributed by atoms with Crippen LogP contribution < -0.4 is 0 Å². The van der Waals surface area contributed by atoms with Gasteiger partial charge in [0.25, 0.3) is 0 Å². The standard InChI is InChI=1S/C11H15NO3S/c1-6(13)12-10-9-3-8-2-7(9)4-11(8,10)5-16(12,14)15/h7-10H,2-5H2,1H3/t7?,8-,9?,10-,11?/m0/s1. The molecule has 1 spiro atoms. The Kier molecular flexibility index (Phi) is 1.37. The molecule has 4 nitrogen and oxygen atoms in total. The first-order valence-electron chi connectivity index (χ1n) is 5.98. The first-order valence-corrected chi connectivity index (χ1v) is 7.59. The lowest BCUT2D eigenvalue weighted by atomic mass is 9.80. The third kappa shape index (κ3) is 0.753. The third-order valence-electron chi connectivity index (χ3n) is 5.51. The lowest BCUT2D eigenvalue weighted by Gasteiger charge is -2.29. The van der Waals surface area contributed by atoms with Gasteiger partial charge in [-0.05, 0) is 37.0 Å². The van der Waals surface area contributed by atoms with Crippen molar-refractivity contribution in [2.24, 2.45) is 23.2 Å². The number of amides is 1. The molecule has 16 heavy (non-hydrogen) atoms. The molecule has 0 radical (unpaired) electrons. The van der Waals surface area contributed by atoms with Crippen molar-refractivity contribution >= 4 is 15.9 Å². The van der Waals surface area contributed by atoms with Crippen molar-refractivity contribution in [3.05, 3.63) is 0 Å². The van der Waals surface area contributed by atoms with E-state index in [1.54, 1.807) is 0 Å². The summed E-state index contributed by atoms with van der Waals surface area (Å²) in [6.45, 7) is 1.39. The number of rotatable bonds is 0. The van der Waals surface area contributed by atoms with Crippen molar-refractivity contribution in [2.75, 3.05) is 5.75 Å². The molecular weight excluding hydrogens is 226 g/mol. The number of hydrogen-bond acceptors (Lipinski definition) is 3. The van der Waals surface area contributed by atoms with Crippen LogP contribution in [-0.2, 0) is 14.8 Å². The molecule has 0 aromatic carbocycles. The first-order chi connectivity index (χ1) is 7.46. The fourth-order valence-corrected chi connectivity index (χ4v) is 7.78. The van der Waals surface area contributed by atoms with Crippen molar-refractivity contribution < 1.29 is 13.2 Å². The highest BCUT2D eigenvalue weighted by molar-refractivity contribution is 7.90. The van der Waals surface area contributed by atoms with Crippen LogP contribution in [0.3, 0.4) is 0 Å². The summed E-state index contributed by atoms with van der Waals surface area (Å²) >= 11 is 0. The molecule has 0 N–H and O–H groups in total. The highest BCUT2D eigenvalue weighted by Gasteiger charge is 2.76. The molecule has 4 saturated carbocycles. The van der Waals surface area contributed by atoms with Crippen LogP contribution in [0, 0.1) is 23.2 Å². The maximum Gasteiger partial charge on any atom is 0.238 e. The van der Waals surface area contributed by atoms with E-state index >= 15 is 0 Å². The number of carbonyl (C=O) groups excluding carboxylic acids is 1. The van der Waals surface area contributed by atoms with Gasteiger partial charge in [0.05, 0.1) is 11.8 Å². The second kappa shape index (κ2) is 2.33. The minimum Gasteiger partial charge on any atom is -0.274 e. The van der Waals surface area contributed by atoms with Gasteiger partial charge in [0.2, 0.25) is 15.9 Å². The molecule has 0 aromatic rings. The monoisotopic (exact) mass is 241 g/mol. The third-order valence-corrected chi connectivity index (χ3v) is 7.50. The smallest absolute Gasteiger partial charge is 0.238 e. The summed E-state index contributed by atoms with van der Waals surface area (Å²) in [6.07, 6.45) is 3.42. The predicted octanol–water partition coefficient (Wildman–Crippen LogP) is 0.593. The molecule has 4 bridgehead atoms. The van der Waals surface area contributed by atoms with Crippen LogP contribution in [0.5, 0.6) is 0 Å². The Morgan fingerprint density at radius 1 is 1.38 bits per heavy atom. The van der Waals surface area contributed by atoms with E-state index in [1.807, 2.05) is 0 Å². The number of carbonyl (C=O) groups is 1. The molecule has 4 aliphatic carbocycles. The van der Waals surface area contributed by atoms with Gasteiger partial charge in [-0.3, -0.25) is 4.79 Å². The molecule has 5 heteroatoms. The second-order valence-electron chi connectivity index (χ2n) is 6.05. The molecule has 1 heterocycles. The molecule has 0 aromatic heterocycles. The van der Waals surface area contributed by atoms with Gasteiger partial charge in [-0.1, -0.05) is 0 Å². The maximum absolute atomic E-state index is 12.1. The van der Waals surface area contributed by atoms with Crippen molar-refractivity contribution in [3.63, 3.8) is 0 Å². The van der Waals surface area contributed by atoms with Crippen LogP contribution in [-0.4, -0.2) is 30.4 Å². The van der Waals surface area contributed by atoms with E-state index in [-0.39, 0.29) is 23.1 Å². The van der Waals surface area contributed by atoms with Crippen LogP contribution in [0.1, 0.15) is 26.2 Å². The Morgan fingerprint density at radius 3 is 2.69 bits per heavy atom. The van der Waals surface area contributed by atoms with E-state index in [2.05, 4.69) is 0 Å². The maximum atomic E-state index is 12.1. The number of sulfonamides is 1. The lowest BCUT2D eigenvalue weighted by molar-refractivity contribution is -0.126. The molecule has 5 fully saturated rings. The predicted molar refractivity (Wildman–Crippen MR) is 56.8 cm³/mol. The van der Waals surface area contributed by atoms with Gasteiger partial charge in [0.15, 0.2) is 0 Å². The van der Waals surface area contributed by atoms with Crippen molar-refractivity contribution in [3.8, 4) is 0 Å². The van der Waals surface area contributed by atoms with E-state index in [0.29, 0.717) is 17.8 Å². The molecule has 1 aliphatic heterocycles. The first kappa shape index (κ1) is 9.45. The van der Waals surface area contributed by atoms with E-state index in [1.165, 1.54) is 17.6 Å². The van der Waals surface area contributed by atoms with Crippen LogP contribution in [0.25, 0.3) is 0 Å².